The van der Waals surface area contributed by atoms with E-state index in [1.54, 1.807) is 23.5 Å². The van der Waals surface area contributed by atoms with E-state index in [1.807, 2.05) is 18.2 Å². The number of nitrogen functional groups attached to an aromatic ring is 1. The van der Waals surface area contributed by atoms with Crippen LogP contribution in [-0.2, 0) is 22.7 Å². The Labute approximate surface area is 238 Å². The molecule has 39 heavy (non-hydrogen) atoms. The number of anilines is 1. The number of hydrogen-bond acceptors (Lipinski definition) is 6. The number of rotatable bonds is 10. The molecule has 1 fully saturated rings. The highest BCUT2D eigenvalue weighted by Gasteiger charge is 2.29. The summed E-state index contributed by atoms with van der Waals surface area (Å²) < 4.78 is 26.4. The lowest BCUT2D eigenvalue weighted by molar-refractivity contribution is 0.156. The van der Waals surface area contributed by atoms with Crippen LogP contribution in [0.25, 0.3) is 11.1 Å². The summed E-state index contributed by atoms with van der Waals surface area (Å²) in [7, 11) is -3.28. The molecule has 1 aromatic heterocycles. The number of benzene rings is 2. The van der Waals surface area contributed by atoms with E-state index in [9.17, 15) is 8.42 Å². The van der Waals surface area contributed by atoms with E-state index < -0.39 is 9.84 Å². The Bertz CT molecular complexity index is 1340. The van der Waals surface area contributed by atoms with Gasteiger partial charge < -0.3 is 10.6 Å². The lowest BCUT2D eigenvalue weighted by Gasteiger charge is -2.36. The average molecular weight is 566 g/mol. The Kier molecular flexibility index (Phi) is 9.09. The van der Waals surface area contributed by atoms with Crippen molar-refractivity contribution in [3.8, 4) is 11.1 Å². The van der Waals surface area contributed by atoms with E-state index in [0.29, 0.717) is 22.0 Å². The van der Waals surface area contributed by atoms with E-state index in [-0.39, 0.29) is 11.7 Å². The zero-order valence-electron chi connectivity index (χ0n) is 23.4. The molecule has 2 aromatic carbocycles. The van der Waals surface area contributed by atoms with Gasteiger partial charge in [0.2, 0.25) is 0 Å². The van der Waals surface area contributed by atoms with Gasteiger partial charge in [-0.1, -0.05) is 61.7 Å². The second-order valence-electron chi connectivity index (χ2n) is 11.7. The Morgan fingerprint density at radius 3 is 2.44 bits per heavy atom. The Balaban J connectivity index is 1.10. The molecule has 7 heteroatoms. The summed E-state index contributed by atoms with van der Waals surface area (Å²) in [5.41, 5.74) is 10.6. The molecule has 5 rings (SSSR count). The smallest absolute Gasteiger partial charge is 0.180 e. The van der Waals surface area contributed by atoms with Crippen molar-refractivity contribution >= 4 is 26.3 Å². The van der Waals surface area contributed by atoms with Gasteiger partial charge in [0, 0.05) is 10.9 Å². The molecule has 210 valence electrons. The van der Waals surface area contributed by atoms with Gasteiger partial charge in [0.05, 0.1) is 16.3 Å². The van der Waals surface area contributed by atoms with Gasteiger partial charge in [-0.15, -0.1) is 11.3 Å². The van der Waals surface area contributed by atoms with E-state index >= 15 is 0 Å². The Hall–Kier alpha value is -2.22. The van der Waals surface area contributed by atoms with Crippen molar-refractivity contribution in [3.63, 3.8) is 0 Å². The minimum atomic E-state index is -3.28. The average Bonchev–Trinajstić information content (AvgIpc) is 3.31. The van der Waals surface area contributed by atoms with Gasteiger partial charge in [0.1, 0.15) is 0 Å². The molecule has 3 aromatic rings. The Morgan fingerprint density at radius 2 is 1.72 bits per heavy atom. The standard InChI is InChI=1S/C32H43N3O2S2/c1-3-18-35(28-13-16-30-31(21-28)38-32(33)34-30)19-17-24-7-9-25(10-8-24)22-39(36,37)29-14-11-26(12-15-29)27-6-4-5-23(2)20-27/h4-6,11-12,14-15,20,24-25,28H,3,7-10,13,16-19,21-22H2,1-2H3,(H2,33,34)/t24?,25?,28-/m0/s1. The molecule has 2 aliphatic rings. The molecule has 5 nitrogen and oxygen atoms in total. The van der Waals surface area contributed by atoms with Crippen LogP contribution in [0, 0.1) is 18.8 Å². The second kappa shape index (κ2) is 12.5. The normalized spacial score (nSPS) is 21.7. The zero-order valence-corrected chi connectivity index (χ0v) is 25.1. The van der Waals surface area contributed by atoms with Crippen molar-refractivity contribution in [1.29, 1.82) is 0 Å². The predicted molar refractivity (Wildman–Crippen MR) is 163 cm³/mol. The van der Waals surface area contributed by atoms with Crippen molar-refractivity contribution in [2.45, 2.75) is 82.6 Å². The van der Waals surface area contributed by atoms with Gasteiger partial charge in [0.15, 0.2) is 15.0 Å². The zero-order chi connectivity index (χ0) is 27.4. The molecular formula is C32H43N3O2S2. The fourth-order valence-electron chi connectivity index (χ4n) is 6.57. The molecule has 0 aliphatic heterocycles. The fourth-order valence-corrected chi connectivity index (χ4v) is 9.22. The highest BCUT2D eigenvalue weighted by Crippen LogP contribution is 2.35. The van der Waals surface area contributed by atoms with E-state index in [0.717, 1.165) is 62.7 Å². The van der Waals surface area contributed by atoms with Crippen molar-refractivity contribution in [2.75, 3.05) is 24.6 Å². The first kappa shape index (κ1) is 28.3. The van der Waals surface area contributed by atoms with Crippen molar-refractivity contribution in [1.82, 2.24) is 9.88 Å². The van der Waals surface area contributed by atoms with Gasteiger partial charge in [-0.2, -0.15) is 0 Å². The quantitative estimate of drug-likeness (QED) is 0.288. The Morgan fingerprint density at radius 1 is 0.974 bits per heavy atom. The summed E-state index contributed by atoms with van der Waals surface area (Å²) in [6, 6.07) is 16.4. The van der Waals surface area contributed by atoms with Crippen LogP contribution in [0.5, 0.6) is 0 Å². The molecule has 0 amide bonds. The van der Waals surface area contributed by atoms with Crippen LogP contribution >= 0.6 is 11.3 Å². The molecule has 1 saturated carbocycles. The first-order valence-electron chi connectivity index (χ1n) is 14.7. The third-order valence-electron chi connectivity index (χ3n) is 8.77. The summed E-state index contributed by atoms with van der Waals surface area (Å²) in [4.78, 5) is 9.06. The molecule has 2 aliphatic carbocycles. The highest BCUT2D eigenvalue weighted by molar-refractivity contribution is 7.91. The fraction of sp³-hybridized carbons (Fsp3) is 0.531. The summed E-state index contributed by atoms with van der Waals surface area (Å²) >= 11 is 1.67. The van der Waals surface area contributed by atoms with Crippen molar-refractivity contribution in [2.24, 2.45) is 11.8 Å². The number of fused-ring (bicyclic) bond motifs is 1. The molecule has 0 unspecified atom stereocenters. The number of sulfone groups is 1. The van der Waals surface area contributed by atoms with Crippen LogP contribution in [0.3, 0.4) is 0 Å². The maximum absolute atomic E-state index is 13.2. The van der Waals surface area contributed by atoms with Crippen LogP contribution in [0.2, 0.25) is 0 Å². The van der Waals surface area contributed by atoms with Crippen molar-refractivity contribution in [3.05, 3.63) is 64.7 Å². The largest absolute Gasteiger partial charge is 0.375 e. The van der Waals surface area contributed by atoms with E-state index in [2.05, 4.69) is 41.9 Å². The van der Waals surface area contributed by atoms with Gasteiger partial charge in [-0.25, -0.2) is 13.4 Å². The van der Waals surface area contributed by atoms with Crippen LogP contribution in [0.4, 0.5) is 5.13 Å². The van der Waals surface area contributed by atoms with Crippen LogP contribution in [0.15, 0.2) is 53.4 Å². The number of nitrogens with two attached hydrogens (primary N) is 1. The number of nitrogens with zero attached hydrogens (tertiary/aromatic N) is 2. The lowest BCUT2D eigenvalue weighted by Crippen LogP contribution is -2.41. The summed E-state index contributed by atoms with van der Waals surface area (Å²) in [6.45, 7) is 6.63. The molecule has 0 bridgehead atoms. The SMILES string of the molecule is CCCN(CCC1CCC(CS(=O)(=O)c2ccc(-c3cccc(C)c3)cc2)CC1)[C@H]1CCc2nc(N)sc2C1. The minimum Gasteiger partial charge on any atom is -0.375 e. The molecule has 2 N–H and O–H groups in total. The molecular weight excluding hydrogens is 523 g/mol. The highest BCUT2D eigenvalue weighted by atomic mass is 32.2. The van der Waals surface area contributed by atoms with Gasteiger partial charge in [-0.05, 0) is 100 Å². The molecule has 1 heterocycles. The summed E-state index contributed by atoms with van der Waals surface area (Å²) in [5.74, 6) is 1.24. The number of aryl methyl sites for hydroxylation is 2. The van der Waals surface area contributed by atoms with E-state index in [4.69, 9.17) is 5.73 Å². The van der Waals surface area contributed by atoms with Crippen molar-refractivity contribution < 1.29 is 8.42 Å². The summed E-state index contributed by atoms with van der Waals surface area (Å²) in [6.07, 6.45) is 10.0. The molecule has 0 radical (unpaired) electrons. The summed E-state index contributed by atoms with van der Waals surface area (Å²) in [5, 5.41) is 0.709. The van der Waals surface area contributed by atoms with E-state index in [1.165, 1.54) is 35.4 Å². The predicted octanol–water partition coefficient (Wildman–Crippen LogP) is 6.94. The molecule has 0 spiro atoms. The number of thiazole rings is 1. The topological polar surface area (TPSA) is 76.3 Å². The van der Waals surface area contributed by atoms with Crippen LogP contribution in [0.1, 0.15) is 68.0 Å². The monoisotopic (exact) mass is 565 g/mol. The lowest BCUT2D eigenvalue weighted by atomic mass is 9.81. The van der Waals surface area contributed by atoms with Crippen LogP contribution in [-0.4, -0.2) is 43.2 Å². The van der Waals surface area contributed by atoms with Gasteiger partial charge in [0.25, 0.3) is 0 Å². The third-order valence-corrected chi connectivity index (χ3v) is 11.6. The van der Waals surface area contributed by atoms with Gasteiger partial charge >= 0.3 is 0 Å². The maximum Gasteiger partial charge on any atom is 0.180 e. The maximum atomic E-state index is 13.2. The number of aromatic nitrogens is 1. The van der Waals surface area contributed by atoms with Crippen LogP contribution < -0.4 is 5.73 Å². The third kappa shape index (κ3) is 7.11. The molecule has 1 atom stereocenters. The minimum absolute atomic E-state index is 0.267. The molecule has 0 saturated heterocycles. The first-order chi connectivity index (χ1) is 18.8. The second-order valence-corrected chi connectivity index (χ2v) is 14.9. The first-order valence-corrected chi connectivity index (χ1v) is 17.2. The van der Waals surface area contributed by atoms with Gasteiger partial charge in [-0.3, -0.25) is 0 Å². The number of hydrogen-bond donors (Lipinski definition) is 1.